The van der Waals surface area contributed by atoms with Crippen molar-refractivity contribution in [3.8, 4) is 11.5 Å². The average Bonchev–Trinajstić information content (AvgIpc) is 2.46. The van der Waals surface area contributed by atoms with Gasteiger partial charge in [-0.3, -0.25) is 0 Å². The molecule has 0 saturated carbocycles. The van der Waals surface area contributed by atoms with Crippen molar-refractivity contribution in [3.63, 3.8) is 0 Å². The van der Waals surface area contributed by atoms with Gasteiger partial charge in [0.05, 0.1) is 25.7 Å². The third kappa shape index (κ3) is 4.39. The summed E-state index contributed by atoms with van der Waals surface area (Å²) in [5.74, 6) is 0.944. The fraction of sp³-hybridized carbons (Fsp3) is 0.250. The summed E-state index contributed by atoms with van der Waals surface area (Å²) < 4.78 is 35.1. The van der Waals surface area contributed by atoms with Crippen molar-refractivity contribution >= 4 is 21.4 Å². The second kappa shape index (κ2) is 7.03. The molecule has 0 radical (unpaired) electrons. The number of benzene rings is 2. The summed E-state index contributed by atoms with van der Waals surface area (Å²) in [6.45, 7) is 0. The van der Waals surface area contributed by atoms with Crippen LogP contribution in [0.15, 0.2) is 42.5 Å². The molecule has 0 unspecified atom stereocenters. The molecule has 0 N–H and O–H groups in total. The molecule has 0 aliphatic heterocycles. The van der Waals surface area contributed by atoms with Crippen LogP contribution in [-0.4, -0.2) is 22.6 Å². The first kappa shape index (κ1) is 16.6. The first-order valence-electron chi connectivity index (χ1n) is 6.59. The van der Waals surface area contributed by atoms with Crippen LogP contribution < -0.4 is 9.47 Å². The molecule has 0 aliphatic rings. The van der Waals surface area contributed by atoms with Crippen LogP contribution >= 0.6 is 11.6 Å². The molecule has 6 heteroatoms. The van der Waals surface area contributed by atoms with Crippen molar-refractivity contribution in [2.45, 2.75) is 11.5 Å². The van der Waals surface area contributed by atoms with E-state index in [0.717, 1.165) is 0 Å². The Morgan fingerprint density at radius 2 is 1.77 bits per heavy atom. The zero-order valence-corrected chi connectivity index (χ0v) is 13.9. The van der Waals surface area contributed by atoms with Crippen molar-refractivity contribution in [2.75, 3.05) is 14.2 Å². The van der Waals surface area contributed by atoms with E-state index in [4.69, 9.17) is 21.1 Å². The summed E-state index contributed by atoms with van der Waals surface area (Å²) in [5.41, 5.74) is 1.23. The highest BCUT2D eigenvalue weighted by molar-refractivity contribution is 7.89. The lowest BCUT2D eigenvalue weighted by atomic mass is 10.2. The zero-order valence-electron chi connectivity index (χ0n) is 12.4. The van der Waals surface area contributed by atoms with E-state index in [-0.39, 0.29) is 11.5 Å². The highest BCUT2D eigenvalue weighted by Gasteiger charge is 2.17. The normalized spacial score (nSPS) is 11.2. The van der Waals surface area contributed by atoms with Gasteiger partial charge in [0.2, 0.25) is 0 Å². The largest absolute Gasteiger partial charge is 0.497 e. The van der Waals surface area contributed by atoms with Gasteiger partial charge >= 0.3 is 0 Å². The third-order valence-electron chi connectivity index (χ3n) is 3.14. The number of hydrogen-bond acceptors (Lipinski definition) is 4. The van der Waals surface area contributed by atoms with Crippen molar-refractivity contribution < 1.29 is 17.9 Å². The highest BCUT2D eigenvalue weighted by Crippen LogP contribution is 2.26. The van der Waals surface area contributed by atoms with Gasteiger partial charge in [-0.1, -0.05) is 23.7 Å². The Balaban J connectivity index is 2.22. The molecule has 0 amide bonds. The fourth-order valence-electron chi connectivity index (χ4n) is 2.16. The monoisotopic (exact) mass is 340 g/mol. The van der Waals surface area contributed by atoms with Gasteiger partial charge in [-0.15, -0.1) is 0 Å². The number of sulfone groups is 1. The van der Waals surface area contributed by atoms with E-state index >= 15 is 0 Å². The van der Waals surface area contributed by atoms with Crippen molar-refractivity contribution in [3.05, 3.63) is 58.6 Å². The molecular formula is C16H17ClO4S. The molecule has 2 aromatic carbocycles. The highest BCUT2D eigenvalue weighted by atomic mass is 35.5. The average molecular weight is 341 g/mol. The summed E-state index contributed by atoms with van der Waals surface area (Å²) in [6.07, 6.45) is 0. The van der Waals surface area contributed by atoms with Crippen molar-refractivity contribution in [1.82, 2.24) is 0 Å². The van der Waals surface area contributed by atoms with Gasteiger partial charge in [-0.2, -0.15) is 0 Å². The van der Waals surface area contributed by atoms with Crippen molar-refractivity contribution in [2.24, 2.45) is 0 Å². The lowest BCUT2D eigenvalue weighted by molar-refractivity contribution is 0.411. The summed E-state index contributed by atoms with van der Waals surface area (Å²) in [7, 11) is -0.309. The van der Waals surface area contributed by atoms with Crippen LogP contribution in [0.25, 0.3) is 0 Å². The maximum atomic E-state index is 12.4. The van der Waals surface area contributed by atoms with Crippen LogP contribution in [0.1, 0.15) is 11.1 Å². The Kier molecular flexibility index (Phi) is 5.32. The van der Waals surface area contributed by atoms with Gasteiger partial charge in [0.25, 0.3) is 0 Å². The fourth-order valence-corrected chi connectivity index (χ4v) is 3.85. The lowest BCUT2D eigenvalue weighted by Gasteiger charge is -2.10. The standard InChI is InChI=1S/C16H17ClO4S/c1-20-15-5-3-4-12(8-15)10-22(18,19)11-13-9-14(17)6-7-16(13)21-2/h3-9H,10-11H2,1-2H3. The maximum absolute atomic E-state index is 12.4. The van der Waals surface area contributed by atoms with Crippen LogP contribution in [0.2, 0.25) is 5.02 Å². The SMILES string of the molecule is COc1cccc(CS(=O)(=O)Cc2cc(Cl)ccc2OC)c1. The second-order valence-corrected chi connectivity index (χ2v) is 7.34. The smallest absolute Gasteiger partial charge is 0.158 e. The lowest BCUT2D eigenvalue weighted by Crippen LogP contribution is -2.08. The van der Waals surface area contributed by atoms with Crippen LogP contribution in [0.4, 0.5) is 0 Å². The minimum atomic E-state index is -3.36. The molecule has 4 nitrogen and oxygen atoms in total. The molecule has 0 saturated heterocycles. The second-order valence-electron chi connectivity index (χ2n) is 4.84. The van der Waals surface area contributed by atoms with Crippen LogP contribution in [0.5, 0.6) is 11.5 Å². The molecule has 0 fully saturated rings. The Labute approximate surface area is 135 Å². The number of methoxy groups -OCH3 is 2. The van der Waals surface area contributed by atoms with Crippen LogP contribution in [-0.2, 0) is 21.3 Å². The van der Waals surface area contributed by atoms with Crippen molar-refractivity contribution in [1.29, 1.82) is 0 Å². The summed E-state index contributed by atoms with van der Waals surface area (Å²) >= 11 is 5.94. The molecule has 2 rings (SSSR count). The molecule has 2 aromatic rings. The van der Waals surface area contributed by atoms with E-state index in [1.807, 2.05) is 0 Å². The van der Waals surface area contributed by atoms with Gasteiger partial charge in [0.15, 0.2) is 9.84 Å². The van der Waals surface area contributed by atoms with Crippen LogP contribution in [0, 0.1) is 0 Å². The third-order valence-corrected chi connectivity index (χ3v) is 4.90. The molecule has 22 heavy (non-hydrogen) atoms. The topological polar surface area (TPSA) is 52.6 Å². The van der Waals surface area contributed by atoms with Crippen LogP contribution in [0.3, 0.4) is 0 Å². The number of ether oxygens (including phenoxy) is 2. The van der Waals surface area contributed by atoms with Gasteiger partial charge in [0.1, 0.15) is 11.5 Å². The molecular weight excluding hydrogens is 324 g/mol. The van der Waals surface area contributed by atoms with Gasteiger partial charge in [0, 0.05) is 10.6 Å². The Morgan fingerprint density at radius 3 is 2.45 bits per heavy atom. The molecule has 0 aliphatic carbocycles. The molecule has 118 valence electrons. The zero-order chi connectivity index (χ0) is 16.2. The predicted molar refractivity (Wildman–Crippen MR) is 87.3 cm³/mol. The summed E-state index contributed by atoms with van der Waals surface area (Å²) in [5, 5.41) is 0.479. The minimum absolute atomic E-state index is 0.0696. The molecule has 0 heterocycles. The Bertz CT molecular complexity index is 756. The molecule has 0 aromatic heterocycles. The summed E-state index contributed by atoms with van der Waals surface area (Å²) in [6, 6.07) is 12.0. The minimum Gasteiger partial charge on any atom is -0.497 e. The van der Waals surface area contributed by atoms with E-state index < -0.39 is 9.84 Å². The van der Waals surface area contributed by atoms with Gasteiger partial charge in [-0.05, 0) is 35.9 Å². The number of hydrogen-bond donors (Lipinski definition) is 0. The number of rotatable bonds is 6. The molecule has 0 spiro atoms. The van der Waals surface area contributed by atoms with E-state index in [1.165, 1.54) is 7.11 Å². The van der Waals surface area contributed by atoms with E-state index in [9.17, 15) is 8.42 Å². The van der Waals surface area contributed by atoms with E-state index in [1.54, 1.807) is 49.6 Å². The molecule has 0 atom stereocenters. The quantitative estimate of drug-likeness (QED) is 0.808. The first-order chi connectivity index (χ1) is 10.4. The maximum Gasteiger partial charge on any atom is 0.158 e. The number of halogens is 1. The van der Waals surface area contributed by atoms with E-state index in [0.29, 0.717) is 27.6 Å². The van der Waals surface area contributed by atoms with Gasteiger partial charge in [-0.25, -0.2) is 8.42 Å². The Hall–Kier alpha value is -1.72. The molecule has 0 bridgehead atoms. The summed E-state index contributed by atoms with van der Waals surface area (Å²) in [4.78, 5) is 0. The van der Waals surface area contributed by atoms with Gasteiger partial charge < -0.3 is 9.47 Å². The predicted octanol–water partition coefficient (Wildman–Crippen LogP) is 3.47. The van der Waals surface area contributed by atoms with E-state index in [2.05, 4.69) is 0 Å². The first-order valence-corrected chi connectivity index (χ1v) is 8.79. The Morgan fingerprint density at radius 1 is 1.00 bits per heavy atom.